The van der Waals surface area contributed by atoms with E-state index in [1.54, 1.807) is 6.07 Å². The maximum Gasteiger partial charge on any atom is 0.217 e. The van der Waals surface area contributed by atoms with Gasteiger partial charge in [-0.1, -0.05) is 12.1 Å². The smallest absolute Gasteiger partial charge is 0.217 e. The van der Waals surface area contributed by atoms with E-state index in [1.807, 2.05) is 12.1 Å². The van der Waals surface area contributed by atoms with Gasteiger partial charge in [0.2, 0.25) is 5.91 Å². The van der Waals surface area contributed by atoms with Crippen molar-refractivity contribution >= 4 is 5.91 Å². The molecule has 1 unspecified atom stereocenters. The minimum Gasteiger partial charge on any atom is -0.508 e. The van der Waals surface area contributed by atoms with E-state index in [4.69, 9.17) is 5.73 Å². The second kappa shape index (κ2) is 5.19. The number of nitrogens with two attached hydrogens (primary N) is 1. The van der Waals surface area contributed by atoms with Gasteiger partial charge in [-0.25, -0.2) is 0 Å². The second-order valence-corrected chi connectivity index (χ2v) is 4.46. The SMILES string of the molecule is NC(=O)CCCNC1CCc2c(O)cccc21. The zero-order valence-corrected chi connectivity index (χ0v) is 9.78. The van der Waals surface area contributed by atoms with E-state index in [9.17, 15) is 9.90 Å². The number of hydrogen-bond donors (Lipinski definition) is 3. The van der Waals surface area contributed by atoms with Gasteiger partial charge < -0.3 is 16.2 Å². The maximum absolute atomic E-state index is 10.6. The van der Waals surface area contributed by atoms with Gasteiger partial charge in [-0.05, 0) is 43.0 Å². The first-order chi connectivity index (χ1) is 8.18. The lowest BCUT2D eigenvalue weighted by atomic mass is 10.1. The number of primary amides is 1. The average Bonchev–Trinajstić information content (AvgIpc) is 2.69. The highest BCUT2D eigenvalue weighted by molar-refractivity contribution is 5.73. The van der Waals surface area contributed by atoms with Crippen LogP contribution in [0.2, 0.25) is 0 Å². The Bertz CT molecular complexity index is 418. The first-order valence-corrected chi connectivity index (χ1v) is 6.01. The van der Waals surface area contributed by atoms with Crippen molar-refractivity contribution in [3.63, 3.8) is 0 Å². The largest absolute Gasteiger partial charge is 0.508 e. The molecule has 0 saturated carbocycles. The Kier molecular flexibility index (Phi) is 3.64. The molecular weight excluding hydrogens is 216 g/mol. The van der Waals surface area contributed by atoms with Gasteiger partial charge in [-0.3, -0.25) is 4.79 Å². The Morgan fingerprint density at radius 3 is 3.12 bits per heavy atom. The quantitative estimate of drug-likeness (QED) is 0.671. The minimum atomic E-state index is -0.253. The highest BCUT2D eigenvalue weighted by atomic mass is 16.3. The monoisotopic (exact) mass is 234 g/mol. The Balaban J connectivity index is 1.89. The fourth-order valence-electron chi connectivity index (χ4n) is 2.39. The van der Waals surface area contributed by atoms with Gasteiger partial charge in [0.15, 0.2) is 0 Å². The van der Waals surface area contributed by atoms with Crippen molar-refractivity contribution in [2.45, 2.75) is 31.7 Å². The van der Waals surface area contributed by atoms with Crippen molar-refractivity contribution in [1.82, 2.24) is 5.32 Å². The lowest BCUT2D eigenvalue weighted by Crippen LogP contribution is -2.22. The van der Waals surface area contributed by atoms with Crippen LogP contribution >= 0.6 is 0 Å². The Labute approximate surface area is 101 Å². The van der Waals surface area contributed by atoms with E-state index in [1.165, 1.54) is 5.56 Å². The summed E-state index contributed by atoms with van der Waals surface area (Å²) in [4.78, 5) is 10.6. The van der Waals surface area contributed by atoms with Crippen LogP contribution in [-0.2, 0) is 11.2 Å². The van der Waals surface area contributed by atoms with Crippen molar-refractivity contribution in [2.24, 2.45) is 5.73 Å². The van der Waals surface area contributed by atoms with E-state index in [2.05, 4.69) is 5.32 Å². The third-order valence-corrected chi connectivity index (χ3v) is 3.24. The summed E-state index contributed by atoms with van der Waals surface area (Å²) in [7, 11) is 0. The van der Waals surface area contributed by atoms with Crippen LogP contribution in [-0.4, -0.2) is 17.6 Å². The number of carbonyl (C=O) groups is 1. The molecule has 0 saturated heterocycles. The summed E-state index contributed by atoms with van der Waals surface area (Å²) in [6.45, 7) is 0.780. The highest BCUT2D eigenvalue weighted by Gasteiger charge is 2.23. The third-order valence-electron chi connectivity index (χ3n) is 3.24. The molecule has 0 spiro atoms. The van der Waals surface area contributed by atoms with Crippen LogP contribution in [0.1, 0.15) is 36.4 Å². The summed E-state index contributed by atoms with van der Waals surface area (Å²) in [5.41, 5.74) is 7.32. The van der Waals surface area contributed by atoms with E-state index in [0.29, 0.717) is 18.2 Å². The lowest BCUT2D eigenvalue weighted by Gasteiger charge is -2.13. The van der Waals surface area contributed by atoms with E-state index in [-0.39, 0.29) is 5.91 Å². The maximum atomic E-state index is 10.6. The lowest BCUT2D eigenvalue weighted by molar-refractivity contribution is -0.118. The van der Waals surface area contributed by atoms with Crippen molar-refractivity contribution in [1.29, 1.82) is 0 Å². The Hall–Kier alpha value is -1.55. The van der Waals surface area contributed by atoms with Gasteiger partial charge >= 0.3 is 0 Å². The molecule has 0 aromatic heterocycles. The summed E-state index contributed by atoms with van der Waals surface area (Å²) in [6.07, 6.45) is 3.10. The van der Waals surface area contributed by atoms with Crippen LogP contribution in [0.25, 0.3) is 0 Å². The molecule has 1 atom stereocenters. The molecule has 1 aliphatic rings. The van der Waals surface area contributed by atoms with Gasteiger partial charge in [0.25, 0.3) is 0 Å². The first-order valence-electron chi connectivity index (χ1n) is 6.01. The summed E-state index contributed by atoms with van der Waals surface area (Å²) < 4.78 is 0. The number of hydrogen-bond acceptors (Lipinski definition) is 3. The van der Waals surface area contributed by atoms with Gasteiger partial charge in [-0.2, -0.15) is 0 Å². The molecule has 92 valence electrons. The molecule has 1 aliphatic carbocycles. The van der Waals surface area contributed by atoms with E-state index in [0.717, 1.165) is 31.4 Å². The predicted octanol–water partition coefficient (Wildman–Crippen LogP) is 1.23. The number of carbonyl (C=O) groups excluding carboxylic acids is 1. The number of fused-ring (bicyclic) bond motifs is 1. The topological polar surface area (TPSA) is 75.4 Å². The zero-order chi connectivity index (χ0) is 12.3. The Morgan fingerprint density at radius 1 is 1.53 bits per heavy atom. The average molecular weight is 234 g/mol. The summed E-state index contributed by atoms with van der Waals surface area (Å²) in [5, 5.41) is 13.1. The molecule has 0 fully saturated rings. The number of aromatic hydroxyl groups is 1. The molecule has 1 aromatic rings. The molecule has 0 radical (unpaired) electrons. The zero-order valence-electron chi connectivity index (χ0n) is 9.78. The van der Waals surface area contributed by atoms with Crippen LogP contribution in [0.3, 0.4) is 0 Å². The number of phenolic OH excluding ortho intramolecular Hbond substituents is 1. The third kappa shape index (κ3) is 2.77. The van der Waals surface area contributed by atoms with Crippen LogP contribution in [0.5, 0.6) is 5.75 Å². The van der Waals surface area contributed by atoms with Crippen molar-refractivity contribution in [3.05, 3.63) is 29.3 Å². The van der Waals surface area contributed by atoms with Gasteiger partial charge in [0.1, 0.15) is 5.75 Å². The predicted molar refractivity (Wildman–Crippen MR) is 65.6 cm³/mol. The van der Waals surface area contributed by atoms with Crippen molar-refractivity contribution in [3.8, 4) is 5.75 Å². The molecule has 1 amide bonds. The second-order valence-electron chi connectivity index (χ2n) is 4.46. The molecular formula is C13H18N2O2. The van der Waals surface area contributed by atoms with Crippen LogP contribution in [0, 0.1) is 0 Å². The van der Waals surface area contributed by atoms with Crippen molar-refractivity contribution in [2.75, 3.05) is 6.54 Å². The van der Waals surface area contributed by atoms with E-state index < -0.39 is 0 Å². The standard InChI is InChI=1S/C13H18N2O2/c14-13(17)5-2-8-15-11-7-6-10-9(11)3-1-4-12(10)16/h1,3-4,11,15-16H,2,5-8H2,(H2,14,17). The number of nitrogens with one attached hydrogen (secondary N) is 1. The normalized spacial score (nSPS) is 18.0. The number of rotatable bonds is 5. The van der Waals surface area contributed by atoms with Crippen LogP contribution in [0.4, 0.5) is 0 Å². The first kappa shape index (κ1) is 11.9. The fourth-order valence-corrected chi connectivity index (χ4v) is 2.39. The Morgan fingerprint density at radius 2 is 2.35 bits per heavy atom. The molecule has 4 nitrogen and oxygen atoms in total. The van der Waals surface area contributed by atoms with Crippen molar-refractivity contribution < 1.29 is 9.90 Å². The molecule has 0 heterocycles. The fraction of sp³-hybridized carbons (Fsp3) is 0.462. The van der Waals surface area contributed by atoms with Gasteiger partial charge in [-0.15, -0.1) is 0 Å². The van der Waals surface area contributed by atoms with Gasteiger partial charge in [0.05, 0.1) is 0 Å². The number of amides is 1. The minimum absolute atomic E-state index is 0.253. The van der Waals surface area contributed by atoms with Gasteiger partial charge in [0, 0.05) is 12.5 Å². The molecule has 2 rings (SSSR count). The van der Waals surface area contributed by atoms with E-state index >= 15 is 0 Å². The molecule has 1 aromatic carbocycles. The van der Waals surface area contributed by atoms with Crippen LogP contribution in [0.15, 0.2) is 18.2 Å². The summed E-state index contributed by atoms with van der Waals surface area (Å²) >= 11 is 0. The molecule has 4 heteroatoms. The molecule has 0 aliphatic heterocycles. The number of phenols is 1. The molecule has 4 N–H and O–H groups in total. The molecule has 0 bridgehead atoms. The summed E-state index contributed by atoms with van der Waals surface area (Å²) in [5.74, 6) is 0.139. The highest BCUT2D eigenvalue weighted by Crippen LogP contribution is 2.36. The molecule has 17 heavy (non-hydrogen) atoms. The summed E-state index contributed by atoms with van der Waals surface area (Å²) in [6, 6.07) is 5.95. The van der Waals surface area contributed by atoms with Crippen LogP contribution < -0.4 is 11.1 Å². The number of benzene rings is 1.